The van der Waals surface area contributed by atoms with E-state index in [9.17, 15) is 10.1 Å². The molecule has 0 amide bonds. The first-order valence-corrected chi connectivity index (χ1v) is 4.98. The van der Waals surface area contributed by atoms with Crippen molar-refractivity contribution < 1.29 is 9.66 Å². The fourth-order valence-electron chi connectivity index (χ4n) is 1.19. The number of rotatable bonds is 4. The summed E-state index contributed by atoms with van der Waals surface area (Å²) in [6, 6.07) is 2.69. The van der Waals surface area contributed by atoms with Crippen LogP contribution in [0.15, 0.2) is 17.2 Å². The lowest BCUT2D eigenvalue weighted by atomic mass is 10.2. The molecule has 1 rings (SSSR count). The number of nitrogens with two attached hydrogens (primary N) is 1. The summed E-state index contributed by atoms with van der Waals surface area (Å²) in [6.45, 7) is 0. The molecule has 4 N–H and O–H groups in total. The van der Waals surface area contributed by atoms with E-state index in [1.807, 2.05) is 0 Å². The lowest BCUT2D eigenvalue weighted by Crippen LogP contribution is -2.25. The molecule has 0 radical (unpaired) electrons. The maximum atomic E-state index is 10.8. The highest BCUT2D eigenvalue weighted by Crippen LogP contribution is 2.35. The molecule has 0 saturated heterocycles. The minimum Gasteiger partial charge on any atom is -0.489 e. The molecule has 0 aromatic heterocycles. The number of halogens is 1. The summed E-state index contributed by atoms with van der Waals surface area (Å²) >= 11 is 5.84. The molecule has 0 unspecified atom stereocenters. The van der Waals surface area contributed by atoms with Gasteiger partial charge in [-0.3, -0.25) is 15.5 Å². The fourth-order valence-corrected chi connectivity index (χ4v) is 1.49. The molecule has 0 bridgehead atoms. The molecule has 0 heterocycles. The van der Waals surface area contributed by atoms with Gasteiger partial charge in [-0.15, -0.1) is 0 Å². The van der Waals surface area contributed by atoms with Crippen LogP contribution in [0.25, 0.3) is 0 Å². The van der Waals surface area contributed by atoms with Gasteiger partial charge >= 0.3 is 5.69 Å². The van der Waals surface area contributed by atoms with Crippen molar-refractivity contribution in [2.24, 2.45) is 10.8 Å². The van der Waals surface area contributed by atoms with Gasteiger partial charge in [-0.2, -0.15) is 5.10 Å². The Morgan fingerprint density at radius 1 is 1.72 bits per heavy atom. The van der Waals surface area contributed by atoms with E-state index in [0.29, 0.717) is 5.56 Å². The standard InChI is InChI=1S/C9H10ClN5O3/c1-18-8-6(10)2-5(3-7(8)15(16)17)4-13-14-9(11)12/h2-4H,1H3,(H4,11,12,14)/b13-4+. The number of hydrogen-bond acceptors (Lipinski definition) is 5. The van der Waals surface area contributed by atoms with Crippen LogP contribution in [0.5, 0.6) is 5.75 Å². The number of ether oxygens (including phenoxy) is 1. The average molecular weight is 272 g/mol. The summed E-state index contributed by atoms with van der Waals surface area (Å²) in [5.41, 5.74) is 7.30. The maximum absolute atomic E-state index is 10.8. The van der Waals surface area contributed by atoms with Crippen molar-refractivity contribution in [1.82, 2.24) is 5.43 Å². The molecule has 1 aromatic carbocycles. The Morgan fingerprint density at radius 2 is 2.39 bits per heavy atom. The third kappa shape index (κ3) is 3.32. The van der Waals surface area contributed by atoms with E-state index in [-0.39, 0.29) is 22.4 Å². The summed E-state index contributed by atoms with van der Waals surface area (Å²) in [7, 11) is 1.29. The lowest BCUT2D eigenvalue weighted by molar-refractivity contribution is -0.385. The monoisotopic (exact) mass is 271 g/mol. The predicted octanol–water partition coefficient (Wildman–Crippen LogP) is 1.07. The van der Waals surface area contributed by atoms with Crippen LogP contribution in [-0.2, 0) is 0 Å². The predicted molar refractivity (Wildman–Crippen MR) is 67.3 cm³/mol. The second-order valence-electron chi connectivity index (χ2n) is 3.10. The first-order valence-electron chi connectivity index (χ1n) is 4.60. The maximum Gasteiger partial charge on any atom is 0.313 e. The lowest BCUT2D eigenvalue weighted by Gasteiger charge is -2.04. The minimum absolute atomic E-state index is 0.0154. The fraction of sp³-hybridized carbons (Fsp3) is 0.111. The number of nitrogens with one attached hydrogen (secondary N) is 2. The number of nitro groups is 1. The molecular weight excluding hydrogens is 262 g/mol. The number of guanidine groups is 1. The van der Waals surface area contributed by atoms with E-state index in [0.717, 1.165) is 0 Å². The smallest absolute Gasteiger partial charge is 0.313 e. The van der Waals surface area contributed by atoms with E-state index in [2.05, 4.69) is 10.5 Å². The number of nitrogens with zero attached hydrogens (tertiary/aromatic N) is 2. The number of benzene rings is 1. The van der Waals surface area contributed by atoms with Gasteiger partial charge in [-0.05, 0) is 6.07 Å². The van der Waals surface area contributed by atoms with Gasteiger partial charge in [0.1, 0.15) is 0 Å². The van der Waals surface area contributed by atoms with Crippen molar-refractivity contribution in [1.29, 1.82) is 5.41 Å². The number of hydrazone groups is 1. The van der Waals surface area contributed by atoms with E-state index in [1.54, 1.807) is 0 Å². The average Bonchev–Trinajstić information content (AvgIpc) is 2.27. The second-order valence-corrected chi connectivity index (χ2v) is 3.50. The first kappa shape index (κ1) is 13.7. The Bertz CT molecular complexity index is 517. The molecule has 1 aromatic rings. The first-order chi connectivity index (χ1) is 8.45. The number of hydrogen-bond donors (Lipinski definition) is 3. The van der Waals surface area contributed by atoms with Crippen LogP contribution in [0.1, 0.15) is 5.56 Å². The van der Waals surface area contributed by atoms with E-state index >= 15 is 0 Å². The third-order valence-corrected chi connectivity index (χ3v) is 2.13. The topological polar surface area (TPSA) is 127 Å². The van der Waals surface area contributed by atoms with E-state index in [1.165, 1.54) is 25.5 Å². The molecule has 0 spiro atoms. The van der Waals surface area contributed by atoms with Crippen molar-refractivity contribution in [2.45, 2.75) is 0 Å². The summed E-state index contributed by atoms with van der Waals surface area (Å²) in [5, 5.41) is 21.4. The van der Waals surface area contributed by atoms with Crippen LogP contribution in [-0.4, -0.2) is 24.2 Å². The third-order valence-electron chi connectivity index (χ3n) is 1.85. The van der Waals surface area contributed by atoms with Gasteiger partial charge < -0.3 is 10.5 Å². The highest BCUT2D eigenvalue weighted by atomic mass is 35.5. The Hall–Kier alpha value is -2.35. The van der Waals surface area contributed by atoms with Gasteiger partial charge in [0.15, 0.2) is 0 Å². The van der Waals surface area contributed by atoms with Crippen molar-refractivity contribution in [2.75, 3.05) is 7.11 Å². The van der Waals surface area contributed by atoms with Crippen LogP contribution < -0.4 is 15.9 Å². The molecule has 9 heteroatoms. The van der Waals surface area contributed by atoms with Gasteiger partial charge in [0, 0.05) is 11.6 Å². The molecule has 96 valence electrons. The van der Waals surface area contributed by atoms with Crippen molar-refractivity contribution >= 4 is 29.5 Å². The molecule has 0 aliphatic rings. The van der Waals surface area contributed by atoms with Gasteiger partial charge in [0.2, 0.25) is 11.7 Å². The summed E-state index contributed by atoms with van der Waals surface area (Å²) < 4.78 is 4.85. The highest BCUT2D eigenvalue weighted by Gasteiger charge is 2.19. The molecule has 0 aliphatic carbocycles. The largest absolute Gasteiger partial charge is 0.489 e. The highest BCUT2D eigenvalue weighted by molar-refractivity contribution is 6.32. The Kier molecular flexibility index (Phi) is 4.44. The summed E-state index contributed by atoms with van der Waals surface area (Å²) in [6.07, 6.45) is 1.25. The zero-order chi connectivity index (χ0) is 13.7. The van der Waals surface area contributed by atoms with Gasteiger partial charge in [0.25, 0.3) is 0 Å². The number of nitro benzene ring substituents is 1. The Balaban J connectivity index is 3.13. The van der Waals surface area contributed by atoms with Crippen LogP contribution in [0, 0.1) is 15.5 Å². The Morgan fingerprint density at radius 3 is 2.89 bits per heavy atom. The molecule has 8 nitrogen and oxygen atoms in total. The zero-order valence-electron chi connectivity index (χ0n) is 9.31. The van der Waals surface area contributed by atoms with E-state index in [4.69, 9.17) is 27.5 Å². The zero-order valence-corrected chi connectivity index (χ0v) is 10.1. The van der Waals surface area contributed by atoms with Crippen molar-refractivity contribution in [3.05, 3.63) is 32.8 Å². The normalized spacial score (nSPS) is 10.3. The van der Waals surface area contributed by atoms with Crippen LogP contribution in [0.3, 0.4) is 0 Å². The van der Waals surface area contributed by atoms with Gasteiger partial charge in [0.05, 0.1) is 23.3 Å². The van der Waals surface area contributed by atoms with Gasteiger partial charge in [-0.1, -0.05) is 11.6 Å². The summed E-state index contributed by atoms with van der Waals surface area (Å²) in [5.74, 6) is -0.362. The van der Waals surface area contributed by atoms with Crippen LogP contribution >= 0.6 is 11.6 Å². The summed E-state index contributed by atoms with van der Waals surface area (Å²) in [4.78, 5) is 10.2. The Labute approximate surface area is 107 Å². The second kappa shape index (κ2) is 5.82. The molecular formula is C9H10ClN5O3. The van der Waals surface area contributed by atoms with Gasteiger partial charge in [-0.25, -0.2) is 5.43 Å². The van der Waals surface area contributed by atoms with Crippen LogP contribution in [0.2, 0.25) is 5.02 Å². The quantitative estimate of drug-likeness (QED) is 0.327. The molecule has 0 saturated carbocycles. The molecule has 18 heavy (non-hydrogen) atoms. The number of methoxy groups -OCH3 is 1. The molecule has 0 atom stereocenters. The SMILES string of the molecule is COc1c(Cl)cc(/C=N/NC(=N)N)cc1[N+](=O)[O-]. The molecule has 0 fully saturated rings. The van der Waals surface area contributed by atoms with Crippen molar-refractivity contribution in [3.63, 3.8) is 0 Å². The van der Waals surface area contributed by atoms with Crippen molar-refractivity contribution in [3.8, 4) is 5.75 Å². The minimum atomic E-state index is -0.611. The molecule has 0 aliphatic heterocycles. The van der Waals surface area contributed by atoms with E-state index < -0.39 is 4.92 Å². The van der Waals surface area contributed by atoms with Crippen LogP contribution in [0.4, 0.5) is 5.69 Å².